The number of ether oxygens (including phenoxy) is 1. The van der Waals surface area contributed by atoms with E-state index < -0.39 is 0 Å². The average Bonchev–Trinajstić information content (AvgIpc) is 2.91. The van der Waals surface area contributed by atoms with E-state index >= 15 is 0 Å². The van der Waals surface area contributed by atoms with Crippen LogP contribution in [0.1, 0.15) is 63.2 Å². The number of nitrogens with zero attached hydrogens (tertiary/aromatic N) is 2. The predicted molar refractivity (Wildman–Crippen MR) is 66.0 cm³/mol. The van der Waals surface area contributed by atoms with E-state index in [9.17, 15) is 0 Å². The third-order valence-corrected chi connectivity index (χ3v) is 3.99. The summed E-state index contributed by atoms with van der Waals surface area (Å²) in [5.41, 5.74) is -0.353. The maximum atomic E-state index is 5.85. The Balaban J connectivity index is 1.75. The number of aromatic nitrogens is 2. The zero-order chi connectivity index (χ0) is 12.4. The van der Waals surface area contributed by atoms with Gasteiger partial charge in [0.25, 0.3) is 0 Å². The Morgan fingerprint density at radius 3 is 2.94 bits per heavy atom. The highest BCUT2D eigenvalue weighted by molar-refractivity contribution is 5.03. The molecule has 3 rings (SSSR count). The first-order chi connectivity index (χ1) is 8.78. The van der Waals surface area contributed by atoms with Crippen molar-refractivity contribution in [3.8, 4) is 0 Å². The van der Waals surface area contributed by atoms with Crippen LogP contribution in [-0.2, 0) is 10.3 Å². The first-order valence-electron chi connectivity index (χ1n) is 6.99. The fraction of sp³-hybridized carbons (Fsp3) is 0.846. The summed E-state index contributed by atoms with van der Waals surface area (Å²) in [5.74, 6) is 1.43. The molecule has 0 aromatic carbocycles. The highest BCUT2D eigenvalue weighted by atomic mass is 16.5. The van der Waals surface area contributed by atoms with Crippen molar-refractivity contribution in [1.82, 2.24) is 15.5 Å². The maximum absolute atomic E-state index is 5.85. The quantitative estimate of drug-likeness (QED) is 0.874. The molecule has 1 N–H and O–H groups in total. The minimum atomic E-state index is -0.353. The van der Waals surface area contributed by atoms with Gasteiger partial charge in [-0.1, -0.05) is 11.6 Å². The Morgan fingerprint density at radius 2 is 2.22 bits per heavy atom. The van der Waals surface area contributed by atoms with Crippen LogP contribution in [0.3, 0.4) is 0 Å². The van der Waals surface area contributed by atoms with E-state index in [2.05, 4.69) is 22.4 Å². The largest absolute Gasteiger partial charge is 0.367 e. The molecular weight excluding hydrogens is 230 g/mol. The summed E-state index contributed by atoms with van der Waals surface area (Å²) in [5, 5.41) is 7.56. The van der Waals surface area contributed by atoms with Gasteiger partial charge in [0.2, 0.25) is 11.7 Å². The van der Waals surface area contributed by atoms with Gasteiger partial charge in [0.15, 0.2) is 0 Å². The first kappa shape index (κ1) is 12.1. The Morgan fingerprint density at radius 1 is 1.28 bits per heavy atom. The molecule has 2 atom stereocenters. The standard InChI is InChI=1S/C13H21N3O2/c1-13(7-3-5-9-17-13)12-15-11(18-16-12)10-6-2-4-8-14-10/h10,14H,2-9H2,1H3. The fourth-order valence-corrected chi connectivity index (χ4v) is 2.76. The zero-order valence-electron chi connectivity index (χ0n) is 10.9. The van der Waals surface area contributed by atoms with Crippen LogP contribution in [-0.4, -0.2) is 23.3 Å². The molecule has 0 amide bonds. The topological polar surface area (TPSA) is 60.2 Å². The smallest absolute Gasteiger partial charge is 0.243 e. The average molecular weight is 251 g/mol. The minimum absolute atomic E-state index is 0.229. The van der Waals surface area contributed by atoms with Gasteiger partial charge < -0.3 is 14.6 Å². The molecule has 0 bridgehead atoms. The molecule has 3 heterocycles. The number of rotatable bonds is 2. The van der Waals surface area contributed by atoms with Gasteiger partial charge in [0, 0.05) is 6.61 Å². The van der Waals surface area contributed by atoms with E-state index in [1.165, 1.54) is 19.3 Å². The van der Waals surface area contributed by atoms with Crippen molar-refractivity contribution >= 4 is 0 Å². The summed E-state index contributed by atoms with van der Waals surface area (Å²) in [6, 6.07) is 0.229. The van der Waals surface area contributed by atoms with Crippen LogP contribution in [0.15, 0.2) is 4.52 Å². The summed E-state index contributed by atoms with van der Waals surface area (Å²) in [4.78, 5) is 4.56. The van der Waals surface area contributed by atoms with E-state index in [4.69, 9.17) is 9.26 Å². The molecule has 18 heavy (non-hydrogen) atoms. The van der Waals surface area contributed by atoms with E-state index in [1.807, 2.05) is 0 Å². The van der Waals surface area contributed by atoms with Gasteiger partial charge in [-0.25, -0.2) is 0 Å². The van der Waals surface area contributed by atoms with Crippen LogP contribution >= 0.6 is 0 Å². The van der Waals surface area contributed by atoms with Gasteiger partial charge in [0.05, 0.1) is 6.04 Å². The maximum Gasteiger partial charge on any atom is 0.243 e. The number of hydrogen-bond donors (Lipinski definition) is 1. The van der Waals surface area contributed by atoms with Gasteiger partial charge in [-0.3, -0.25) is 0 Å². The summed E-state index contributed by atoms with van der Waals surface area (Å²) >= 11 is 0. The van der Waals surface area contributed by atoms with Crippen LogP contribution in [0.5, 0.6) is 0 Å². The third kappa shape index (κ3) is 2.29. The number of hydrogen-bond acceptors (Lipinski definition) is 5. The molecule has 5 nitrogen and oxygen atoms in total. The summed E-state index contributed by atoms with van der Waals surface area (Å²) in [6.45, 7) is 3.90. The molecule has 1 aromatic heterocycles. The van der Waals surface area contributed by atoms with Crippen molar-refractivity contribution in [3.63, 3.8) is 0 Å². The molecule has 5 heteroatoms. The van der Waals surface area contributed by atoms with Crippen molar-refractivity contribution in [2.75, 3.05) is 13.2 Å². The Bertz CT molecular complexity index is 393. The first-order valence-corrected chi connectivity index (χ1v) is 6.99. The molecule has 1 aromatic rings. The summed E-state index contributed by atoms with van der Waals surface area (Å²) < 4.78 is 11.3. The second-order valence-corrected chi connectivity index (χ2v) is 5.50. The van der Waals surface area contributed by atoms with Crippen LogP contribution < -0.4 is 5.32 Å². The van der Waals surface area contributed by atoms with Gasteiger partial charge in [0.1, 0.15) is 5.60 Å². The Hall–Kier alpha value is -0.940. The molecule has 0 aliphatic carbocycles. The van der Waals surface area contributed by atoms with E-state index in [-0.39, 0.29) is 11.6 Å². The van der Waals surface area contributed by atoms with Crippen molar-refractivity contribution < 1.29 is 9.26 Å². The third-order valence-electron chi connectivity index (χ3n) is 3.99. The van der Waals surface area contributed by atoms with Crippen LogP contribution in [0.2, 0.25) is 0 Å². The normalized spacial score (nSPS) is 33.5. The van der Waals surface area contributed by atoms with Crippen molar-refractivity contribution in [3.05, 3.63) is 11.7 Å². The second-order valence-electron chi connectivity index (χ2n) is 5.50. The van der Waals surface area contributed by atoms with Crippen LogP contribution in [0.25, 0.3) is 0 Å². The lowest BCUT2D eigenvalue weighted by Gasteiger charge is -2.30. The van der Waals surface area contributed by atoms with Crippen molar-refractivity contribution in [1.29, 1.82) is 0 Å². The molecular formula is C13H21N3O2. The minimum Gasteiger partial charge on any atom is -0.367 e. The predicted octanol–water partition coefficient (Wildman–Crippen LogP) is 2.30. The lowest BCUT2D eigenvalue weighted by atomic mass is 9.95. The highest BCUT2D eigenvalue weighted by Crippen LogP contribution is 2.33. The van der Waals surface area contributed by atoms with E-state index in [0.717, 1.165) is 38.3 Å². The van der Waals surface area contributed by atoms with Crippen molar-refractivity contribution in [2.45, 2.75) is 57.1 Å². The SMILES string of the molecule is CC1(c2noc(C3CCCCN3)n2)CCCCO1. The monoisotopic (exact) mass is 251 g/mol. The zero-order valence-corrected chi connectivity index (χ0v) is 10.9. The molecule has 2 saturated heterocycles. The van der Waals surface area contributed by atoms with Crippen molar-refractivity contribution in [2.24, 2.45) is 0 Å². The molecule has 2 unspecified atom stereocenters. The van der Waals surface area contributed by atoms with Crippen LogP contribution in [0.4, 0.5) is 0 Å². The lowest BCUT2D eigenvalue weighted by molar-refractivity contribution is -0.0770. The van der Waals surface area contributed by atoms with E-state index in [0.29, 0.717) is 5.82 Å². The molecule has 0 spiro atoms. The lowest BCUT2D eigenvalue weighted by Crippen LogP contribution is -2.32. The molecule has 0 saturated carbocycles. The molecule has 2 aliphatic heterocycles. The molecule has 2 fully saturated rings. The van der Waals surface area contributed by atoms with E-state index in [1.54, 1.807) is 0 Å². The van der Waals surface area contributed by atoms with Gasteiger partial charge in [-0.2, -0.15) is 4.98 Å². The van der Waals surface area contributed by atoms with Gasteiger partial charge in [-0.05, 0) is 45.6 Å². The number of nitrogens with one attached hydrogen (secondary N) is 1. The van der Waals surface area contributed by atoms with Gasteiger partial charge >= 0.3 is 0 Å². The Kier molecular flexibility index (Phi) is 3.35. The van der Waals surface area contributed by atoms with Crippen LogP contribution in [0, 0.1) is 0 Å². The fourth-order valence-electron chi connectivity index (χ4n) is 2.76. The highest BCUT2D eigenvalue weighted by Gasteiger charge is 2.35. The Labute approximate surface area is 107 Å². The van der Waals surface area contributed by atoms with Gasteiger partial charge in [-0.15, -0.1) is 0 Å². The summed E-state index contributed by atoms with van der Waals surface area (Å²) in [7, 11) is 0. The second kappa shape index (κ2) is 4.97. The summed E-state index contributed by atoms with van der Waals surface area (Å²) in [6.07, 6.45) is 6.82. The molecule has 100 valence electrons. The molecule has 2 aliphatic rings. The molecule has 0 radical (unpaired) electrons. The number of piperidine rings is 1.